The number of nitrogens with one attached hydrogen (secondary N) is 2. The molecule has 5 nitrogen and oxygen atoms in total. The van der Waals surface area contributed by atoms with E-state index >= 15 is 0 Å². The van der Waals surface area contributed by atoms with Gasteiger partial charge in [-0.15, -0.1) is 0 Å². The van der Waals surface area contributed by atoms with Gasteiger partial charge < -0.3 is 20.8 Å². The fraction of sp³-hybridized carbons (Fsp3) is 0.562. The molecule has 1 aliphatic rings. The molecule has 1 heterocycles. The zero-order chi connectivity index (χ0) is 16.9. The summed E-state index contributed by atoms with van der Waals surface area (Å²) in [7, 11) is 0. The maximum absolute atomic E-state index is 14.5. The first-order valence-electron chi connectivity index (χ1n) is 7.79. The van der Waals surface area contributed by atoms with Crippen molar-refractivity contribution in [2.75, 3.05) is 19.6 Å². The van der Waals surface area contributed by atoms with Gasteiger partial charge in [-0.25, -0.2) is 9.18 Å². The SMILES string of the molecule is O=C(O)NCCCC(O)(c1cccc(Cl)c1F)C1CCCNC1. The molecule has 23 heavy (non-hydrogen) atoms. The summed E-state index contributed by atoms with van der Waals surface area (Å²) in [5.41, 5.74) is -1.18. The van der Waals surface area contributed by atoms with Crippen molar-refractivity contribution in [3.05, 3.63) is 34.6 Å². The molecule has 0 aromatic heterocycles. The molecular weight excluding hydrogens is 323 g/mol. The number of hydrogen-bond acceptors (Lipinski definition) is 3. The average molecular weight is 345 g/mol. The molecule has 2 rings (SSSR count). The Morgan fingerprint density at radius 2 is 2.30 bits per heavy atom. The van der Waals surface area contributed by atoms with Crippen molar-refractivity contribution in [3.8, 4) is 0 Å². The summed E-state index contributed by atoms with van der Waals surface area (Å²) in [6, 6.07) is 4.63. The van der Waals surface area contributed by atoms with Crippen LogP contribution in [-0.4, -0.2) is 35.9 Å². The van der Waals surface area contributed by atoms with E-state index in [0.29, 0.717) is 13.0 Å². The van der Waals surface area contributed by atoms with Gasteiger partial charge in [0, 0.05) is 24.6 Å². The third-order valence-corrected chi connectivity index (χ3v) is 4.69. The molecule has 2 unspecified atom stereocenters. The predicted octanol–water partition coefficient (Wildman–Crippen LogP) is 2.71. The molecule has 4 N–H and O–H groups in total. The highest BCUT2D eigenvalue weighted by Gasteiger charge is 2.40. The Kier molecular flexibility index (Phi) is 6.21. The molecule has 0 bridgehead atoms. The minimum Gasteiger partial charge on any atom is -0.465 e. The van der Waals surface area contributed by atoms with E-state index in [0.717, 1.165) is 19.4 Å². The van der Waals surface area contributed by atoms with Crippen molar-refractivity contribution < 1.29 is 19.4 Å². The quantitative estimate of drug-likeness (QED) is 0.598. The van der Waals surface area contributed by atoms with E-state index in [9.17, 15) is 14.3 Å². The Labute approximate surface area is 139 Å². The zero-order valence-corrected chi connectivity index (χ0v) is 13.6. The minimum absolute atomic E-state index is 0.0200. The molecule has 0 spiro atoms. The second kappa shape index (κ2) is 7.95. The normalized spacial score (nSPS) is 20.7. The highest BCUT2D eigenvalue weighted by molar-refractivity contribution is 6.30. The number of piperidine rings is 1. The molecule has 0 aliphatic carbocycles. The van der Waals surface area contributed by atoms with Gasteiger partial charge in [0.25, 0.3) is 0 Å². The fourth-order valence-corrected chi connectivity index (χ4v) is 3.38. The van der Waals surface area contributed by atoms with E-state index < -0.39 is 17.5 Å². The Hall–Kier alpha value is -1.37. The van der Waals surface area contributed by atoms with Gasteiger partial charge in [-0.3, -0.25) is 0 Å². The number of aliphatic hydroxyl groups is 1. The zero-order valence-electron chi connectivity index (χ0n) is 12.8. The van der Waals surface area contributed by atoms with Gasteiger partial charge in [0.05, 0.1) is 10.6 Å². The molecule has 1 aliphatic heterocycles. The van der Waals surface area contributed by atoms with Crippen LogP contribution in [0.4, 0.5) is 9.18 Å². The van der Waals surface area contributed by atoms with E-state index in [1.54, 1.807) is 12.1 Å². The number of carbonyl (C=O) groups is 1. The second-order valence-corrected chi connectivity index (χ2v) is 6.31. The summed E-state index contributed by atoms with van der Waals surface area (Å²) in [5.74, 6) is -0.748. The van der Waals surface area contributed by atoms with Gasteiger partial charge in [-0.2, -0.15) is 0 Å². The molecule has 128 valence electrons. The standard InChI is InChI=1S/C16H22ClFN2O3/c17-13-6-1-5-12(14(13)18)16(23,7-3-9-20-15(21)22)11-4-2-8-19-10-11/h1,5-6,11,19-20,23H,2-4,7-10H2,(H,21,22). The first-order valence-corrected chi connectivity index (χ1v) is 8.17. The number of hydrogen-bond donors (Lipinski definition) is 4. The number of amides is 1. The van der Waals surface area contributed by atoms with Crippen molar-refractivity contribution >= 4 is 17.7 Å². The molecule has 1 aromatic carbocycles. The lowest BCUT2D eigenvalue weighted by molar-refractivity contribution is -0.0447. The third-order valence-electron chi connectivity index (χ3n) is 4.40. The van der Waals surface area contributed by atoms with Crippen LogP contribution >= 0.6 is 11.6 Å². The lowest BCUT2D eigenvalue weighted by atomic mass is 9.74. The smallest absolute Gasteiger partial charge is 0.404 e. The number of rotatable bonds is 6. The Balaban J connectivity index is 2.22. The molecular formula is C16H22ClFN2O3. The van der Waals surface area contributed by atoms with Gasteiger partial charge in [-0.1, -0.05) is 23.7 Å². The highest BCUT2D eigenvalue weighted by atomic mass is 35.5. The van der Waals surface area contributed by atoms with Gasteiger partial charge in [0.2, 0.25) is 0 Å². The van der Waals surface area contributed by atoms with Gasteiger partial charge in [-0.05, 0) is 38.3 Å². The highest BCUT2D eigenvalue weighted by Crippen LogP contribution is 2.40. The van der Waals surface area contributed by atoms with E-state index in [1.807, 2.05) is 0 Å². The van der Waals surface area contributed by atoms with Gasteiger partial charge in [0.1, 0.15) is 5.82 Å². The van der Waals surface area contributed by atoms with E-state index in [-0.39, 0.29) is 29.5 Å². The molecule has 1 aromatic rings. The topological polar surface area (TPSA) is 81.6 Å². The Morgan fingerprint density at radius 3 is 2.96 bits per heavy atom. The van der Waals surface area contributed by atoms with Crippen molar-refractivity contribution in [2.24, 2.45) is 5.92 Å². The van der Waals surface area contributed by atoms with Crippen molar-refractivity contribution in [3.63, 3.8) is 0 Å². The van der Waals surface area contributed by atoms with E-state index in [1.165, 1.54) is 6.07 Å². The Bertz CT molecular complexity index is 552. The summed E-state index contributed by atoms with van der Waals surface area (Å²) >= 11 is 5.87. The molecule has 1 amide bonds. The molecule has 1 fully saturated rings. The summed E-state index contributed by atoms with van der Waals surface area (Å²) in [5, 5.41) is 25.4. The van der Waals surface area contributed by atoms with Crippen LogP contribution in [0.3, 0.4) is 0 Å². The van der Waals surface area contributed by atoms with E-state index in [2.05, 4.69) is 10.6 Å². The van der Waals surface area contributed by atoms with Crippen LogP contribution < -0.4 is 10.6 Å². The van der Waals surface area contributed by atoms with Crippen molar-refractivity contribution in [2.45, 2.75) is 31.3 Å². The Morgan fingerprint density at radius 1 is 1.52 bits per heavy atom. The fourth-order valence-electron chi connectivity index (χ4n) is 3.21. The second-order valence-electron chi connectivity index (χ2n) is 5.90. The van der Waals surface area contributed by atoms with Crippen molar-refractivity contribution in [1.29, 1.82) is 0 Å². The number of halogens is 2. The minimum atomic E-state index is -1.37. The van der Waals surface area contributed by atoms with Crippen LogP contribution in [0.5, 0.6) is 0 Å². The maximum Gasteiger partial charge on any atom is 0.404 e. The summed E-state index contributed by atoms with van der Waals surface area (Å²) in [4.78, 5) is 10.5. The maximum atomic E-state index is 14.5. The average Bonchev–Trinajstić information content (AvgIpc) is 2.54. The largest absolute Gasteiger partial charge is 0.465 e. The first kappa shape index (κ1) is 18.0. The molecule has 7 heteroatoms. The van der Waals surface area contributed by atoms with Gasteiger partial charge >= 0.3 is 6.09 Å². The molecule has 1 saturated heterocycles. The molecule has 0 saturated carbocycles. The first-order chi connectivity index (χ1) is 10.9. The third kappa shape index (κ3) is 4.34. The summed E-state index contributed by atoms with van der Waals surface area (Å²) in [6.07, 6.45) is 1.24. The van der Waals surface area contributed by atoms with Gasteiger partial charge in [0.15, 0.2) is 0 Å². The molecule has 0 radical (unpaired) electrons. The monoisotopic (exact) mass is 344 g/mol. The lowest BCUT2D eigenvalue weighted by Gasteiger charge is -2.39. The predicted molar refractivity (Wildman–Crippen MR) is 86.2 cm³/mol. The van der Waals surface area contributed by atoms with Crippen LogP contribution in [0, 0.1) is 11.7 Å². The van der Waals surface area contributed by atoms with Crippen molar-refractivity contribution in [1.82, 2.24) is 10.6 Å². The van der Waals surface area contributed by atoms with Crippen LogP contribution in [0.25, 0.3) is 0 Å². The number of benzene rings is 1. The van der Waals surface area contributed by atoms with Crippen LogP contribution in [0.15, 0.2) is 18.2 Å². The summed E-state index contributed by atoms with van der Waals surface area (Å²) in [6.45, 7) is 1.68. The lowest BCUT2D eigenvalue weighted by Crippen LogP contribution is -2.45. The van der Waals surface area contributed by atoms with Crippen LogP contribution in [0.2, 0.25) is 5.02 Å². The van der Waals surface area contributed by atoms with Crippen LogP contribution in [0.1, 0.15) is 31.2 Å². The summed E-state index contributed by atoms with van der Waals surface area (Å²) < 4.78 is 14.5. The number of carboxylic acid groups (broad SMARTS) is 1. The molecule has 2 atom stereocenters. The van der Waals surface area contributed by atoms with E-state index in [4.69, 9.17) is 16.7 Å². The van der Waals surface area contributed by atoms with Crippen LogP contribution in [-0.2, 0) is 5.60 Å².